The second-order valence-electron chi connectivity index (χ2n) is 4.63. The van der Waals surface area contributed by atoms with Gasteiger partial charge in [-0.3, -0.25) is 0 Å². The summed E-state index contributed by atoms with van der Waals surface area (Å²) < 4.78 is 6.63. The van der Waals surface area contributed by atoms with Crippen molar-refractivity contribution in [3.63, 3.8) is 0 Å². The molecule has 2 aromatic rings. The first-order valence-corrected chi connectivity index (χ1v) is 7.44. The zero-order chi connectivity index (χ0) is 13.7. The highest BCUT2D eigenvalue weighted by atomic mass is 79.9. The van der Waals surface area contributed by atoms with Crippen LogP contribution >= 0.6 is 15.9 Å². The third-order valence-electron chi connectivity index (χ3n) is 3.36. The van der Waals surface area contributed by atoms with E-state index >= 15 is 0 Å². The average Bonchev–Trinajstić information content (AvgIpc) is 2.46. The van der Waals surface area contributed by atoms with Gasteiger partial charge in [-0.25, -0.2) is 0 Å². The van der Waals surface area contributed by atoms with Gasteiger partial charge in [-0.1, -0.05) is 59.6 Å². The Morgan fingerprint density at radius 3 is 2.37 bits per heavy atom. The van der Waals surface area contributed by atoms with Crippen molar-refractivity contribution in [1.29, 1.82) is 0 Å². The number of hydrogen-bond donors (Lipinski definition) is 0. The summed E-state index contributed by atoms with van der Waals surface area (Å²) in [5, 5.41) is 0. The summed E-state index contributed by atoms with van der Waals surface area (Å²) in [6.45, 7) is 2.22. The summed E-state index contributed by atoms with van der Waals surface area (Å²) in [5.74, 6) is 1.37. The number of rotatable bonds is 5. The van der Waals surface area contributed by atoms with E-state index in [4.69, 9.17) is 4.74 Å². The summed E-state index contributed by atoms with van der Waals surface area (Å²) in [4.78, 5) is 0. The van der Waals surface area contributed by atoms with E-state index in [1.54, 1.807) is 7.11 Å². The van der Waals surface area contributed by atoms with Crippen LogP contribution in [0, 0.1) is 0 Å². The van der Waals surface area contributed by atoms with Crippen molar-refractivity contribution in [1.82, 2.24) is 0 Å². The standard InChI is InChI=1S/C17H19BrO/c1-3-6-15(13-9-11-14(18)12-10-13)16-7-4-5-8-17(16)19-2/h4-5,7-12,15H,3,6H2,1-2H3. The highest BCUT2D eigenvalue weighted by molar-refractivity contribution is 9.10. The summed E-state index contributed by atoms with van der Waals surface area (Å²) in [5.41, 5.74) is 2.61. The van der Waals surface area contributed by atoms with Gasteiger partial charge in [0.15, 0.2) is 0 Å². The van der Waals surface area contributed by atoms with E-state index in [1.165, 1.54) is 11.1 Å². The first-order valence-electron chi connectivity index (χ1n) is 6.64. The maximum Gasteiger partial charge on any atom is 0.122 e. The predicted molar refractivity (Wildman–Crippen MR) is 83.9 cm³/mol. The van der Waals surface area contributed by atoms with Crippen LogP contribution in [0.2, 0.25) is 0 Å². The highest BCUT2D eigenvalue weighted by Crippen LogP contribution is 2.35. The minimum atomic E-state index is 0.397. The lowest BCUT2D eigenvalue weighted by atomic mass is 9.87. The van der Waals surface area contributed by atoms with Crippen LogP contribution in [0.25, 0.3) is 0 Å². The zero-order valence-corrected chi connectivity index (χ0v) is 13.0. The molecule has 2 aromatic carbocycles. The lowest BCUT2D eigenvalue weighted by molar-refractivity contribution is 0.406. The quantitative estimate of drug-likeness (QED) is 0.718. The molecular formula is C17H19BrO. The molecular weight excluding hydrogens is 300 g/mol. The van der Waals surface area contributed by atoms with E-state index < -0.39 is 0 Å². The third kappa shape index (κ3) is 3.38. The molecule has 0 saturated heterocycles. The fourth-order valence-corrected chi connectivity index (χ4v) is 2.70. The Morgan fingerprint density at radius 2 is 1.74 bits per heavy atom. The van der Waals surface area contributed by atoms with Gasteiger partial charge in [0.2, 0.25) is 0 Å². The highest BCUT2D eigenvalue weighted by Gasteiger charge is 2.16. The van der Waals surface area contributed by atoms with Crippen LogP contribution in [-0.2, 0) is 0 Å². The predicted octanol–water partition coefficient (Wildman–Crippen LogP) is 5.39. The zero-order valence-electron chi connectivity index (χ0n) is 11.4. The fraction of sp³-hybridized carbons (Fsp3) is 0.294. The summed E-state index contributed by atoms with van der Waals surface area (Å²) in [6.07, 6.45) is 2.28. The number of hydrogen-bond acceptors (Lipinski definition) is 1. The van der Waals surface area contributed by atoms with Gasteiger partial charge in [-0.15, -0.1) is 0 Å². The van der Waals surface area contributed by atoms with Crippen LogP contribution in [0.5, 0.6) is 5.75 Å². The molecule has 2 heteroatoms. The largest absolute Gasteiger partial charge is 0.496 e. The lowest BCUT2D eigenvalue weighted by Gasteiger charge is -2.20. The van der Waals surface area contributed by atoms with Crippen LogP contribution in [0.3, 0.4) is 0 Å². The van der Waals surface area contributed by atoms with Crippen molar-refractivity contribution in [2.24, 2.45) is 0 Å². The summed E-state index contributed by atoms with van der Waals surface area (Å²) >= 11 is 3.49. The van der Waals surface area contributed by atoms with Gasteiger partial charge in [-0.05, 0) is 30.2 Å². The van der Waals surface area contributed by atoms with E-state index in [1.807, 2.05) is 12.1 Å². The first kappa shape index (κ1) is 14.1. The smallest absolute Gasteiger partial charge is 0.122 e. The molecule has 0 bridgehead atoms. The number of halogens is 1. The van der Waals surface area contributed by atoms with Crippen LogP contribution in [0.4, 0.5) is 0 Å². The molecule has 0 heterocycles. The number of methoxy groups -OCH3 is 1. The Labute approximate surface area is 123 Å². The molecule has 0 saturated carbocycles. The van der Waals surface area contributed by atoms with Crippen LogP contribution in [0.15, 0.2) is 53.0 Å². The number of para-hydroxylation sites is 1. The van der Waals surface area contributed by atoms with Gasteiger partial charge in [0.25, 0.3) is 0 Å². The Balaban J connectivity index is 2.42. The molecule has 0 N–H and O–H groups in total. The molecule has 0 spiro atoms. The molecule has 0 fully saturated rings. The molecule has 1 unspecified atom stereocenters. The molecule has 0 aromatic heterocycles. The second kappa shape index (κ2) is 6.76. The van der Waals surface area contributed by atoms with E-state index in [0.717, 1.165) is 23.1 Å². The first-order chi connectivity index (χ1) is 9.26. The van der Waals surface area contributed by atoms with E-state index in [2.05, 4.69) is 59.3 Å². The van der Waals surface area contributed by atoms with E-state index in [0.29, 0.717) is 5.92 Å². The van der Waals surface area contributed by atoms with Crippen LogP contribution in [0.1, 0.15) is 36.8 Å². The Morgan fingerprint density at radius 1 is 1.05 bits per heavy atom. The molecule has 1 nitrogen and oxygen atoms in total. The maximum absolute atomic E-state index is 5.51. The minimum absolute atomic E-state index is 0.397. The fourth-order valence-electron chi connectivity index (χ4n) is 2.44. The molecule has 1 atom stereocenters. The SMILES string of the molecule is CCCC(c1ccc(Br)cc1)c1ccccc1OC. The minimum Gasteiger partial charge on any atom is -0.496 e. The van der Waals surface area contributed by atoms with E-state index in [9.17, 15) is 0 Å². The van der Waals surface area contributed by atoms with Gasteiger partial charge in [0, 0.05) is 16.0 Å². The molecule has 2 rings (SSSR count). The van der Waals surface area contributed by atoms with Crippen LogP contribution in [-0.4, -0.2) is 7.11 Å². The van der Waals surface area contributed by atoms with Crippen molar-refractivity contribution in [2.75, 3.05) is 7.11 Å². The molecule has 100 valence electrons. The normalized spacial score (nSPS) is 12.2. The molecule has 0 aliphatic heterocycles. The van der Waals surface area contributed by atoms with Gasteiger partial charge in [-0.2, -0.15) is 0 Å². The molecule has 0 radical (unpaired) electrons. The van der Waals surface area contributed by atoms with Gasteiger partial charge < -0.3 is 4.74 Å². The molecule has 0 amide bonds. The van der Waals surface area contributed by atoms with Gasteiger partial charge in [0.1, 0.15) is 5.75 Å². The Hall–Kier alpha value is -1.28. The number of ether oxygens (including phenoxy) is 1. The lowest BCUT2D eigenvalue weighted by Crippen LogP contribution is -2.03. The van der Waals surface area contributed by atoms with Gasteiger partial charge in [0.05, 0.1) is 7.11 Å². The Kier molecular flexibility index (Phi) is 5.03. The van der Waals surface area contributed by atoms with E-state index in [-0.39, 0.29) is 0 Å². The second-order valence-corrected chi connectivity index (χ2v) is 5.55. The molecule has 19 heavy (non-hydrogen) atoms. The van der Waals surface area contributed by atoms with Crippen molar-refractivity contribution in [2.45, 2.75) is 25.7 Å². The molecule has 0 aliphatic rings. The number of benzene rings is 2. The van der Waals surface area contributed by atoms with Gasteiger partial charge >= 0.3 is 0 Å². The maximum atomic E-state index is 5.51. The van der Waals surface area contributed by atoms with Crippen molar-refractivity contribution in [3.8, 4) is 5.75 Å². The summed E-state index contributed by atoms with van der Waals surface area (Å²) in [6, 6.07) is 16.9. The Bertz CT molecular complexity index is 519. The van der Waals surface area contributed by atoms with Crippen molar-refractivity contribution in [3.05, 3.63) is 64.1 Å². The monoisotopic (exact) mass is 318 g/mol. The van der Waals surface area contributed by atoms with Crippen molar-refractivity contribution < 1.29 is 4.74 Å². The van der Waals surface area contributed by atoms with Crippen molar-refractivity contribution >= 4 is 15.9 Å². The summed E-state index contributed by atoms with van der Waals surface area (Å²) in [7, 11) is 1.74. The third-order valence-corrected chi connectivity index (χ3v) is 3.89. The average molecular weight is 319 g/mol. The molecule has 0 aliphatic carbocycles. The topological polar surface area (TPSA) is 9.23 Å². The van der Waals surface area contributed by atoms with Crippen LogP contribution < -0.4 is 4.74 Å².